The molecule has 0 bridgehead atoms. The Kier molecular flexibility index (Phi) is 6.17. The molecule has 5 nitrogen and oxygen atoms in total. The number of hydrogen-bond donors (Lipinski definition) is 2. The van der Waals surface area contributed by atoms with E-state index in [-0.39, 0.29) is 24.2 Å². The van der Waals surface area contributed by atoms with E-state index in [1.807, 2.05) is 5.57 Å². The summed E-state index contributed by atoms with van der Waals surface area (Å²) in [7, 11) is 0. The minimum absolute atomic E-state index is 0.00134. The number of carbonyl (C=O) groups is 1. The lowest BCUT2D eigenvalue weighted by atomic mass is 9.52. The van der Waals surface area contributed by atoms with E-state index in [1.165, 1.54) is 44.9 Å². The Bertz CT molecular complexity index is 887. The molecule has 35 heavy (non-hydrogen) atoms. The molecule has 0 unspecified atom stereocenters. The lowest BCUT2D eigenvalue weighted by Gasteiger charge is -2.54. The van der Waals surface area contributed by atoms with Gasteiger partial charge in [-0.3, -0.25) is 4.79 Å². The van der Waals surface area contributed by atoms with E-state index in [2.05, 4.69) is 33.0 Å². The molecule has 3 saturated carbocycles. The summed E-state index contributed by atoms with van der Waals surface area (Å²) >= 11 is 0. The summed E-state index contributed by atoms with van der Waals surface area (Å²) in [5.74, 6) is 4.13. The Morgan fingerprint density at radius 1 is 1.17 bits per heavy atom. The summed E-state index contributed by atoms with van der Waals surface area (Å²) in [5, 5.41) is 3.86. The Labute approximate surface area is 212 Å². The molecule has 5 heteroatoms. The van der Waals surface area contributed by atoms with Crippen LogP contribution in [0.2, 0.25) is 0 Å². The van der Waals surface area contributed by atoms with Gasteiger partial charge in [0.25, 0.3) is 0 Å². The van der Waals surface area contributed by atoms with Gasteiger partial charge in [0.15, 0.2) is 0 Å². The van der Waals surface area contributed by atoms with Gasteiger partial charge >= 0.3 is 5.97 Å². The van der Waals surface area contributed by atoms with Crippen LogP contribution in [0.15, 0.2) is 11.1 Å². The van der Waals surface area contributed by atoms with Crippen molar-refractivity contribution in [2.24, 2.45) is 46.7 Å². The zero-order valence-corrected chi connectivity index (χ0v) is 22.5. The molecule has 6 aliphatic rings. The van der Waals surface area contributed by atoms with E-state index in [4.69, 9.17) is 15.2 Å². The third-order valence-corrected chi connectivity index (χ3v) is 12.0. The third kappa shape index (κ3) is 3.85. The van der Waals surface area contributed by atoms with Gasteiger partial charge in [-0.25, -0.2) is 0 Å². The molecule has 1 spiro atoms. The van der Waals surface area contributed by atoms with Crippen LogP contribution in [0, 0.1) is 40.9 Å². The number of fused-ring (bicyclic) bond motifs is 6. The first-order chi connectivity index (χ1) is 16.7. The van der Waals surface area contributed by atoms with Gasteiger partial charge in [0.1, 0.15) is 6.10 Å². The average Bonchev–Trinajstić information content (AvgIpc) is 3.29. The molecule has 0 aromatic rings. The van der Waals surface area contributed by atoms with Crippen LogP contribution in [0.4, 0.5) is 0 Å². The zero-order chi connectivity index (χ0) is 24.5. The molecule has 0 amide bonds. The smallest absolute Gasteiger partial charge is 0.319 e. The zero-order valence-electron chi connectivity index (χ0n) is 22.5. The molecule has 4 aliphatic carbocycles. The van der Waals surface area contributed by atoms with Crippen LogP contribution in [-0.2, 0) is 14.3 Å². The van der Waals surface area contributed by atoms with E-state index < -0.39 is 0 Å². The van der Waals surface area contributed by atoms with Gasteiger partial charge in [0, 0.05) is 12.0 Å². The number of esters is 1. The van der Waals surface area contributed by atoms with Crippen LogP contribution in [0.1, 0.15) is 91.9 Å². The largest absolute Gasteiger partial charge is 0.461 e. The van der Waals surface area contributed by atoms with Crippen molar-refractivity contribution in [1.82, 2.24) is 5.32 Å². The van der Waals surface area contributed by atoms with Crippen molar-refractivity contribution in [2.75, 3.05) is 13.1 Å². The standard InChI is InChI=1S/C30H48N2O3/c1-17-11-26-28(32-16-17)19(3)30(35-26)10-8-22-23-6-5-20-12-21(34-27(33)15-31)7-9-29(20,4)25(23)13-24(22)18(2)14-30/h17,19-23,25-26,28,32H,5-16,31H2,1-4H3/t17-,19+,20+,21+,22-,23-,25-,26+,28-,29-,30-/m0/s1. The number of nitrogens with two attached hydrogens (primary N) is 1. The summed E-state index contributed by atoms with van der Waals surface area (Å²) in [6.07, 6.45) is 12.5. The van der Waals surface area contributed by atoms with Gasteiger partial charge in [-0.05, 0) is 113 Å². The molecule has 5 fully saturated rings. The molecule has 11 atom stereocenters. The Morgan fingerprint density at radius 3 is 2.80 bits per heavy atom. The number of hydrogen-bond acceptors (Lipinski definition) is 5. The van der Waals surface area contributed by atoms with Crippen molar-refractivity contribution in [2.45, 2.75) is 116 Å². The van der Waals surface area contributed by atoms with Gasteiger partial charge in [-0.15, -0.1) is 0 Å². The van der Waals surface area contributed by atoms with E-state index in [1.54, 1.807) is 5.57 Å². The first-order valence-electron chi connectivity index (χ1n) is 14.7. The lowest BCUT2D eigenvalue weighted by molar-refractivity contribution is -0.155. The summed E-state index contributed by atoms with van der Waals surface area (Å²) in [6.45, 7) is 11.0. The van der Waals surface area contributed by atoms with Gasteiger partial charge in [-0.2, -0.15) is 0 Å². The number of rotatable bonds is 2. The molecule has 6 rings (SSSR count). The van der Waals surface area contributed by atoms with E-state index in [0.29, 0.717) is 35.3 Å². The van der Waals surface area contributed by atoms with Crippen molar-refractivity contribution in [3.05, 3.63) is 11.1 Å². The Hall–Kier alpha value is -0.910. The highest BCUT2D eigenvalue weighted by Gasteiger charge is 2.59. The maximum absolute atomic E-state index is 11.8. The van der Waals surface area contributed by atoms with Crippen LogP contribution < -0.4 is 11.1 Å². The molecule has 0 radical (unpaired) electrons. The fourth-order valence-electron chi connectivity index (χ4n) is 10.1. The fourth-order valence-corrected chi connectivity index (χ4v) is 10.1. The molecule has 2 saturated heterocycles. The van der Waals surface area contributed by atoms with E-state index >= 15 is 0 Å². The molecule has 3 N–H and O–H groups in total. The van der Waals surface area contributed by atoms with Gasteiger partial charge in [-0.1, -0.05) is 31.9 Å². The normalized spacial score (nSPS) is 51.3. The summed E-state index contributed by atoms with van der Waals surface area (Å²) < 4.78 is 12.7. The van der Waals surface area contributed by atoms with Crippen molar-refractivity contribution in [1.29, 1.82) is 0 Å². The predicted molar refractivity (Wildman–Crippen MR) is 138 cm³/mol. The summed E-state index contributed by atoms with van der Waals surface area (Å²) in [4.78, 5) is 11.8. The maximum atomic E-state index is 11.8. The molecule has 0 aromatic carbocycles. The van der Waals surface area contributed by atoms with Crippen LogP contribution in [0.3, 0.4) is 0 Å². The number of allylic oxidation sites excluding steroid dienone is 1. The Morgan fingerprint density at radius 2 is 2.00 bits per heavy atom. The second-order valence-corrected chi connectivity index (χ2v) is 13.8. The van der Waals surface area contributed by atoms with Crippen LogP contribution in [-0.4, -0.2) is 42.9 Å². The Balaban J connectivity index is 1.21. The first-order valence-corrected chi connectivity index (χ1v) is 14.7. The molecule has 2 heterocycles. The first kappa shape index (κ1) is 24.4. The highest BCUT2D eigenvalue weighted by Crippen LogP contribution is 2.65. The van der Waals surface area contributed by atoms with Crippen LogP contribution in [0.5, 0.6) is 0 Å². The average molecular weight is 485 g/mol. The van der Waals surface area contributed by atoms with Crippen LogP contribution in [0.25, 0.3) is 0 Å². The number of nitrogens with one attached hydrogen (secondary N) is 1. The van der Waals surface area contributed by atoms with E-state index in [9.17, 15) is 4.79 Å². The maximum Gasteiger partial charge on any atom is 0.319 e. The third-order valence-electron chi connectivity index (χ3n) is 12.0. The SMILES string of the molecule is CC1=C2C[C@H]3[C@@H](CC[C@@H]4C[C@H](OC(=O)CN)CC[C@@]43C)[C@@H]2CC[C@@]2(C1)O[C@@H]1C[C@H](C)CN[C@H]1[C@H]2C. The lowest BCUT2D eigenvalue weighted by Crippen LogP contribution is -2.49. The van der Waals surface area contributed by atoms with Crippen molar-refractivity contribution in [3.63, 3.8) is 0 Å². The minimum atomic E-state index is -0.238. The van der Waals surface area contributed by atoms with Crippen molar-refractivity contribution < 1.29 is 14.3 Å². The van der Waals surface area contributed by atoms with Crippen molar-refractivity contribution in [3.8, 4) is 0 Å². The van der Waals surface area contributed by atoms with E-state index in [0.717, 1.165) is 43.6 Å². The number of ether oxygens (including phenoxy) is 2. The molecular weight excluding hydrogens is 436 g/mol. The summed E-state index contributed by atoms with van der Waals surface area (Å²) in [5.41, 5.74) is 9.40. The second-order valence-electron chi connectivity index (χ2n) is 13.8. The van der Waals surface area contributed by atoms with Gasteiger partial charge in [0.05, 0.1) is 18.2 Å². The van der Waals surface area contributed by atoms with Gasteiger partial charge in [0.2, 0.25) is 0 Å². The highest BCUT2D eigenvalue weighted by atomic mass is 16.5. The molecule has 2 aliphatic heterocycles. The number of carbonyl (C=O) groups excluding carboxylic acids is 1. The monoisotopic (exact) mass is 484 g/mol. The topological polar surface area (TPSA) is 73.6 Å². The van der Waals surface area contributed by atoms with Gasteiger partial charge < -0.3 is 20.5 Å². The summed E-state index contributed by atoms with van der Waals surface area (Å²) in [6, 6.07) is 0.535. The number of piperidine rings is 1. The molecule has 0 aromatic heterocycles. The minimum Gasteiger partial charge on any atom is -0.461 e. The quantitative estimate of drug-likeness (QED) is 0.427. The predicted octanol–water partition coefficient (Wildman–Crippen LogP) is 4.98. The fraction of sp³-hybridized carbons (Fsp3) is 0.900. The molecule has 196 valence electrons. The molecular formula is C30H48N2O3. The second kappa shape index (κ2) is 8.84. The van der Waals surface area contributed by atoms with Crippen LogP contribution >= 0.6 is 0 Å². The highest BCUT2D eigenvalue weighted by molar-refractivity contribution is 5.71. The van der Waals surface area contributed by atoms with Crippen molar-refractivity contribution >= 4 is 5.97 Å².